The van der Waals surface area contributed by atoms with Crippen molar-refractivity contribution >= 4 is 10.8 Å². The van der Waals surface area contributed by atoms with Gasteiger partial charge in [-0.3, -0.25) is 4.57 Å². The van der Waals surface area contributed by atoms with Crippen molar-refractivity contribution in [1.82, 2.24) is 24.5 Å². The Morgan fingerprint density at radius 2 is 2.00 bits per heavy atom. The van der Waals surface area contributed by atoms with Crippen molar-refractivity contribution in [3.63, 3.8) is 0 Å². The van der Waals surface area contributed by atoms with Crippen molar-refractivity contribution in [2.75, 3.05) is 0 Å². The first kappa shape index (κ1) is 24.3. The van der Waals surface area contributed by atoms with Crippen LogP contribution in [0, 0.1) is 13.8 Å². The molecule has 0 radical (unpaired) electrons. The van der Waals surface area contributed by atoms with Crippen molar-refractivity contribution in [1.29, 1.82) is 0 Å². The van der Waals surface area contributed by atoms with Crippen LogP contribution in [0.1, 0.15) is 31.1 Å². The summed E-state index contributed by atoms with van der Waals surface area (Å²) in [5.41, 5.74) is 0.00692. The second-order valence-electron chi connectivity index (χ2n) is 7.73. The molecule has 35 heavy (non-hydrogen) atoms. The van der Waals surface area contributed by atoms with Crippen LogP contribution in [0.3, 0.4) is 0 Å². The van der Waals surface area contributed by atoms with Crippen LogP contribution in [-0.2, 0) is 13.2 Å². The highest BCUT2D eigenvalue weighted by Crippen LogP contribution is 2.39. The largest absolute Gasteiger partial charge is 0.480 e. The predicted molar refractivity (Wildman–Crippen MR) is 117 cm³/mol. The van der Waals surface area contributed by atoms with Gasteiger partial charge in [-0.05, 0) is 38.3 Å². The van der Waals surface area contributed by atoms with E-state index in [1.807, 2.05) is 0 Å². The molecule has 4 aromatic rings. The Morgan fingerprint density at radius 1 is 1.26 bits per heavy atom. The number of nitrogens with zero attached hydrogens (tertiary/aromatic N) is 5. The minimum absolute atomic E-state index is 0.0321. The number of aliphatic hydroxyl groups excluding tert-OH is 1. The maximum atomic E-state index is 13.4. The fourth-order valence-electron chi connectivity index (χ4n) is 3.54. The summed E-state index contributed by atoms with van der Waals surface area (Å²) in [6, 6.07) is 4.33. The van der Waals surface area contributed by atoms with Crippen LogP contribution in [0.4, 0.5) is 13.2 Å². The van der Waals surface area contributed by atoms with Crippen molar-refractivity contribution in [2.24, 2.45) is 0 Å². The molecular formula is C22H22F3N5O5. The highest BCUT2D eigenvalue weighted by molar-refractivity contribution is 5.94. The second-order valence-corrected chi connectivity index (χ2v) is 7.73. The number of pyridine rings is 1. The van der Waals surface area contributed by atoms with Gasteiger partial charge in [-0.15, -0.1) is 5.10 Å². The topological polar surface area (TPSA) is 117 Å². The predicted octanol–water partition coefficient (Wildman–Crippen LogP) is 3.82. The van der Waals surface area contributed by atoms with Gasteiger partial charge in [0.1, 0.15) is 18.1 Å². The summed E-state index contributed by atoms with van der Waals surface area (Å²) in [5.74, 6) is 0.489. The zero-order valence-corrected chi connectivity index (χ0v) is 19.3. The lowest BCUT2D eigenvalue weighted by molar-refractivity contribution is -0.189. The third-order valence-corrected chi connectivity index (χ3v) is 5.35. The zero-order valence-electron chi connectivity index (χ0n) is 19.3. The van der Waals surface area contributed by atoms with Crippen LogP contribution in [0.25, 0.3) is 16.5 Å². The zero-order chi connectivity index (χ0) is 25.5. The molecule has 1 N–H and O–H groups in total. The van der Waals surface area contributed by atoms with Gasteiger partial charge >= 0.3 is 11.9 Å². The molecule has 13 heteroatoms. The first-order valence-corrected chi connectivity index (χ1v) is 10.6. The van der Waals surface area contributed by atoms with Gasteiger partial charge < -0.3 is 19.1 Å². The van der Waals surface area contributed by atoms with Crippen molar-refractivity contribution in [2.45, 2.75) is 53.1 Å². The number of hydrogen-bond donors (Lipinski definition) is 1. The molecule has 0 amide bonds. The lowest BCUT2D eigenvalue weighted by Gasteiger charge is -2.20. The summed E-state index contributed by atoms with van der Waals surface area (Å²) in [6.07, 6.45) is -5.42. The molecule has 0 aliphatic rings. The Bertz CT molecular complexity index is 1420. The molecule has 3 heterocycles. The molecule has 0 saturated heterocycles. The van der Waals surface area contributed by atoms with Gasteiger partial charge in [0.2, 0.25) is 5.88 Å². The third-order valence-electron chi connectivity index (χ3n) is 5.35. The molecule has 0 saturated carbocycles. The van der Waals surface area contributed by atoms with Crippen molar-refractivity contribution < 1.29 is 32.3 Å². The summed E-state index contributed by atoms with van der Waals surface area (Å²) >= 11 is 0. The number of benzene rings is 1. The molecule has 0 aliphatic carbocycles. The average Bonchev–Trinajstić information content (AvgIpc) is 3.31. The number of ether oxygens (including phenoxy) is 2. The molecule has 1 atom stereocenters. The van der Waals surface area contributed by atoms with E-state index >= 15 is 0 Å². The normalized spacial score (nSPS) is 12.8. The molecule has 3 aromatic heterocycles. The fraction of sp³-hybridized carbons (Fsp3) is 0.364. The standard InChI is InChI=1S/C22H22F3N5O5/c1-5-29-17(10-31)27-30(21(29)32)15-8-14-6-7-26-20(34-19-11(2)28-35-12(19)3)18(14)16(9-15)33-13(4)22(23,24)25/h6-9,13,31H,5,10H2,1-4H3. The highest BCUT2D eigenvalue weighted by atomic mass is 19.4. The number of aromatic nitrogens is 5. The van der Waals surface area contributed by atoms with Gasteiger partial charge in [-0.25, -0.2) is 9.78 Å². The molecule has 0 bridgehead atoms. The number of rotatable bonds is 7. The van der Waals surface area contributed by atoms with Crippen LogP contribution >= 0.6 is 0 Å². The molecule has 1 aromatic carbocycles. The summed E-state index contributed by atoms with van der Waals surface area (Å²) in [7, 11) is 0. The van der Waals surface area contributed by atoms with Crippen LogP contribution in [-0.4, -0.2) is 41.9 Å². The quantitative estimate of drug-likeness (QED) is 0.413. The van der Waals surface area contributed by atoms with E-state index in [9.17, 15) is 23.1 Å². The first-order valence-electron chi connectivity index (χ1n) is 10.6. The number of halogens is 3. The third kappa shape index (κ3) is 4.46. The van der Waals surface area contributed by atoms with E-state index in [-0.39, 0.29) is 40.8 Å². The Labute approximate surface area is 196 Å². The maximum Gasteiger partial charge on any atom is 0.425 e. The number of aliphatic hydroxyl groups is 1. The fourth-order valence-corrected chi connectivity index (χ4v) is 3.54. The van der Waals surface area contributed by atoms with E-state index in [0.29, 0.717) is 16.8 Å². The molecule has 0 spiro atoms. The van der Waals surface area contributed by atoms with Crippen LogP contribution in [0.5, 0.6) is 17.4 Å². The summed E-state index contributed by atoms with van der Waals surface area (Å²) in [6.45, 7) is 5.60. The minimum Gasteiger partial charge on any atom is -0.480 e. The van der Waals surface area contributed by atoms with E-state index in [2.05, 4.69) is 15.2 Å². The number of hydrogen-bond acceptors (Lipinski definition) is 8. The van der Waals surface area contributed by atoms with E-state index < -0.39 is 24.6 Å². The number of fused-ring (bicyclic) bond motifs is 1. The van der Waals surface area contributed by atoms with E-state index in [1.54, 1.807) is 26.8 Å². The first-order chi connectivity index (χ1) is 16.5. The van der Waals surface area contributed by atoms with Crippen LogP contribution < -0.4 is 15.2 Å². The SMILES string of the molecule is CCn1c(CO)nn(-c2cc(OC(C)C(F)(F)F)c3c(Oc4c(C)noc4C)nccc3c2)c1=O. The summed E-state index contributed by atoms with van der Waals surface area (Å²) < 4.78 is 58.7. The van der Waals surface area contributed by atoms with E-state index in [1.165, 1.54) is 22.9 Å². The lowest BCUT2D eigenvalue weighted by atomic mass is 10.1. The Hall–Kier alpha value is -3.87. The molecule has 10 nitrogen and oxygen atoms in total. The van der Waals surface area contributed by atoms with Gasteiger partial charge in [0.05, 0.1) is 11.1 Å². The second kappa shape index (κ2) is 9.06. The lowest BCUT2D eigenvalue weighted by Crippen LogP contribution is -2.31. The Balaban J connectivity index is 1.94. The number of aryl methyl sites for hydroxylation is 2. The molecule has 4 rings (SSSR count). The van der Waals surface area contributed by atoms with Crippen LogP contribution in [0.15, 0.2) is 33.7 Å². The average molecular weight is 493 g/mol. The molecule has 0 fully saturated rings. The van der Waals surface area contributed by atoms with Crippen molar-refractivity contribution in [3.8, 4) is 23.1 Å². The highest BCUT2D eigenvalue weighted by Gasteiger charge is 2.38. The molecule has 1 unspecified atom stereocenters. The monoisotopic (exact) mass is 493 g/mol. The van der Waals surface area contributed by atoms with Crippen molar-refractivity contribution in [3.05, 3.63) is 52.2 Å². The maximum absolute atomic E-state index is 13.4. The Morgan fingerprint density at radius 3 is 2.57 bits per heavy atom. The van der Waals surface area contributed by atoms with Gasteiger partial charge in [0.15, 0.2) is 23.4 Å². The van der Waals surface area contributed by atoms with Gasteiger partial charge in [0, 0.05) is 25.7 Å². The Kier molecular flexibility index (Phi) is 6.28. The van der Waals surface area contributed by atoms with E-state index in [0.717, 1.165) is 11.6 Å². The van der Waals surface area contributed by atoms with Gasteiger partial charge in [-0.2, -0.15) is 17.9 Å². The molecule has 186 valence electrons. The van der Waals surface area contributed by atoms with Crippen LogP contribution in [0.2, 0.25) is 0 Å². The smallest absolute Gasteiger partial charge is 0.425 e. The summed E-state index contributed by atoms with van der Waals surface area (Å²) in [4.78, 5) is 17.0. The molecular weight excluding hydrogens is 471 g/mol. The summed E-state index contributed by atoms with van der Waals surface area (Å²) in [5, 5.41) is 18.0. The number of alkyl halides is 3. The minimum atomic E-state index is -4.65. The van der Waals surface area contributed by atoms with E-state index in [4.69, 9.17) is 14.0 Å². The van der Waals surface area contributed by atoms with Gasteiger partial charge in [0.25, 0.3) is 0 Å². The van der Waals surface area contributed by atoms with Gasteiger partial charge in [-0.1, -0.05) is 5.16 Å². The molecule has 0 aliphatic heterocycles.